The van der Waals surface area contributed by atoms with Crippen molar-refractivity contribution in [1.29, 1.82) is 0 Å². The molecule has 0 aliphatic carbocycles. The fourth-order valence-electron chi connectivity index (χ4n) is 3.24. The molecule has 0 spiro atoms. The number of ether oxygens (including phenoxy) is 1. The van der Waals surface area contributed by atoms with Gasteiger partial charge >= 0.3 is 0 Å². The van der Waals surface area contributed by atoms with E-state index in [2.05, 4.69) is 5.32 Å². The molecule has 0 radical (unpaired) electrons. The zero-order valence-corrected chi connectivity index (χ0v) is 17.4. The van der Waals surface area contributed by atoms with Crippen LogP contribution in [0.25, 0.3) is 0 Å². The van der Waals surface area contributed by atoms with E-state index in [4.69, 9.17) is 16.3 Å². The maximum absolute atomic E-state index is 13.2. The van der Waals surface area contributed by atoms with Crippen molar-refractivity contribution >= 4 is 38.9 Å². The number of anilines is 2. The van der Waals surface area contributed by atoms with Crippen molar-refractivity contribution in [2.75, 3.05) is 16.2 Å². The monoisotopic (exact) mass is 442 g/mol. The summed E-state index contributed by atoms with van der Waals surface area (Å²) in [5, 5.41) is 3.10. The smallest absolute Gasteiger partial charge is 0.267 e. The van der Waals surface area contributed by atoms with Gasteiger partial charge in [-0.2, -0.15) is 0 Å². The summed E-state index contributed by atoms with van der Waals surface area (Å²) in [6.07, 6.45) is -1.03. The molecule has 1 unspecified atom stereocenters. The van der Waals surface area contributed by atoms with E-state index in [1.807, 2.05) is 6.07 Å². The zero-order valence-electron chi connectivity index (χ0n) is 15.9. The molecule has 0 saturated carbocycles. The Kier molecular flexibility index (Phi) is 5.65. The molecule has 154 valence electrons. The van der Waals surface area contributed by atoms with Gasteiger partial charge in [0.1, 0.15) is 5.75 Å². The highest BCUT2D eigenvalue weighted by Crippen LogP contribution is 2.36. The second kappa shape index (κ2) is 8.38. The number of para-hydroxylation sites is 3. The minimum Gasteiger partial charge on any atom is -0.476 e. The summed E-state index contributed by atoms with van der Waals surface area (Å²) in [4.78, 5) is 12.8. The number of rotatable bonds is 5. The number of benzene rings is 3. The average Bonchev–Trinajstić information content (AvgIpc) is 2.75. The second-order valence-electron chi connectivity index (χ2n) is 6.82. The van der Waals surface area contributed by atoms with Crippen molar-refractivity contribution in [1.82, 2.24) is 0 Å². The molecule has 1 amide bonds. The number of nitrogens with zero attached hydrogens (tertiary/aromatic N) is 1. The normalized spacial score (nSPS) is 15.8. The highest BCUT2D eigenvalue weighted by molar-refractivity contribution is 7.92. The first-order valence-electron chi connectivity index (χ1n) is 9.29. The van der Waals surface area contributed by atoms with Gasteiger partial charge in [-0.1, -0.05) is 66.2 Å². The van der Waals surface area contributed by atoms with Gasteiger partial charge in [0.15, 0.2) is 6.10 Å². The zero-order chi connectivity index (χ0) is 21.1. The van der Waals surface area contributed by atoms with Gasteiger partial charge in [-0.15, -0.1) is 0 Å². The molecule has 1 aliphatic heterocycles. The van der Waals surface area contributed by atoms with E-state index < -0.39 is 22.0 Å². The molecule has 0 fully saturated rings. The van der Waals surface area contributed by atoms with Crippen molar-refractivity contribution in [3.8, 4) is 5.75 Å². The van der Waals surface area contributed by atoms with Crippen LogP contribution in [-0.2, 0) is 20.6 Å². The lowest BCUT2D eigenvalue weighted by Crippen LogP contribution is -2.49. The number of amides is 1. The number of nitrogens with one attached hydrogen (secondary N) is 1. The quantitative estimate of drug-likeness (QED) is 0.646. The first-order valence-corrected chi connectivity index (χ1v) is 11.3. The average molecular weight is 443 g/mol. The fourth-order valence-corrected chi connectivity index (χ4v) is 5.01. The van der Waals surface area contributed by atoms with Crippen molar-refractivity contribution < 1.29 is 17.9 Å². The summed E-state index contributed by atoms with van der Waals surface area (Å²) < 4.78 is 33.5. The Morgan fingerprint density at radius 1 is 1.00 bits per heavy atom. The lowest BCUT2D eigenvalue weighted by molar-refractivity contribution is -0.122. The number of carbonyl (C=O) groups is 1. The predicted octanol–water partition coefficient (Wildman–Crippen LogP) is 4.08. The van der Waals surface area contributed by atoms with Gasteiger partial charge in [-0.3, -0.25) is 9.10 Å². The number of sulfonamides is 1. The molecule has 4 rings (SSSR count). The molecular formula is C22H19ClN2O4S. The van der Waals surface area contributed by atoms with Gasteiger partial charge in [0.05, 0.1) is 28.7 Å². The summed E-state index contributed by atoms with van der Waals surface area (Å²) in [5.41, 5.74) is 1.51. The van der Waals surface area contributed by atoms with Crippen LogP contribution in [0.1, 0.15) is 5.56 Å². The number of hydrogen-bond donors (Lipinski definition) is 1. The van der Waals surface area contributed by atoms with Crippen LogP contribution in [-0.4, -0.2) is 27.0 Å². The van der Waals surface area contributed by atoms with Crippen LogP contribution in [0.2, 0.25) is 5.02 Å². The maximum atomic E-state index is 13.2. The summed E-state index contributed by atoms with van der Waals surface area (Å²) >= 11 is 6.12. The van der Waals surface area contributed by atoms with Crippen molar-refractivity contribution in [3.05, 3.63) is 89.4 Å². The van der Waals surface area contributed by atoms with Gasteiger partial charge in [0, 0.05) is 0 Å². The molecule has 3 aromatic carbocycles. The summed E-state index contributed by atoms with van der Waals surface area (Å²) in [6, 6.07) is 22.5. The van der Waals surface area contributed by atoms with Gasteiger partial charge in [-0.25, -0.2) is 8.42 Å². The summed E-state index contributed by atoms with van der Waals surface area (Å²) in [7, 11) is -3.75. The first kappa shape index (κ1) is 20.3. The van der Waals surface area contributed by atoms with Crippen molar-refractivity contribution in [2.45, 2.75) is 11.9 Å². The molecule has 8 heteroatoms. The fraction of sp³-hybridized carbons (Fsp3) is 0.136. The van der Waals surface area contributed by atoms with E-state index in [-0.39, 0.29) is 12.3 Å². The molecule has 0 aromatic heterocycles. The summed E-state index contributed by atoms with van der Waals surface area (Å²) in [5.74, 6) is -0.321. The Labute approximate surface area is 180 Å². The minimum atomic E-state index is -3.75. The van der Waals surface area contributed by atoms with Gasteiger partial charge in [0.25, 0.3) is 5.91 Å². The molecule has 0 bridgehead atoms. The molecular weight excluding hydrogens is 424 g/mol. The van der Waals surface area contributed by atoms with Crippen LogP contribution in [0.5, 0.6) is 5.75 Å². The standard InChI is InChI=1S/C22H19ClN2O4S/c23-17-10-4-5-11-18(17)24-22(26)21-14-25(19-12-6-7-13-20(19)29-21)30(27,28)15-16-8-2-1-3-9-16/h1-13,21H,14-15H2,(H,24,26). The number of halogens is 1. The second-order valence-corrected chi connectivity index (χ2v) is 9.12. The third kappa shape index (κ3) is 4.27. The lowest BCUT2D eigenvalue weighted by Gasteiger charge is -2.34. The topological polar surface area (TPSA) is 75.7 Å². The molecule has 1 atom stereocenters. The van der Waals surface area contributed by atoms with Gasteiger partial charge in [0.2, 0.25) is 10.0 Å². The highest BCUT2D eigenvalue weighted by Gasteiger charge is 2.36. The van der Waals surface area contributed by atoms with Crippen LogP contribution < -0.4 is 14.4 Å². The van der Waals surface area contributed by atoms with E-state index in [9.17, 15) is 13.2 Å². The molecule has 1 heterocycles. The molecule has 0 saturated heterocycles. The summed E-state index contributed by atoms with van der Waals surface area (Å²) in [6.45, 7) is -0.136. The first-order chi connectivity index (χ1) is 14.4. The molecule has 6 nitrogen and oxygen atoms in total. The van der Waals surface area contributed by atoms with Crippen LogP contribution in [0.4, 0.5) is 11.4 Å². The molecule has 3 aromatic rings. The van der Waals surface area contributed by atoms with E-state index in [0.29, 0.717) is 27.7 Å². The third-order valence-electron chi connectivity index (χ3n) is 4.69. The van der Waals surface area contributed by atoms with E-state index in [1.165, 1.54) is 4.31 Å². The van der Waals surface area contributed by atoms with Gasteiger partial charge < -0.3 is 10.1 Å². The van der Waals surface area contributed by atoms with Crippen LogP contribution >= 0.6 is 11.6 Å². The van der Waals surface area contributed by atoms with E-state index in [1.54, 1.807) is 72.8 Å². The predicted molar refractivity (Wildman–Crippen MR) is 117 cm³/mol. The number of hydrogen-bond acceptors (Lipinski definition) is 4. The van der Waals surface area contributed by atoms with Gasteiger partial charge in [-0.05, 0) is 29.8 Å². The van der Waals surface area contributed by atoms with Crippen LogP contribution in [0.3, 0.4) is 0 Å². The molecule has 1 N–H and O–H groups in total. The Bertz CT molecular complexity index is 1170. The van der Waals surface area contributed by atoms with Crippen molar-refractivity contribution in [3.63, 3.8) is 0 Å². The SMILES string of the molecule is O=C(Nc1ccccc1Cl)C1CN(S(=O)(=O)Cc2ccccc2)c2ccccc2O1. The maximum Gasteiger partial charge on any atom is 0.267 e. The van der Waals surface area contributed by atoms with E-state index in [0.717, 1.165) is 0 Å². The third-order valence-corrected chi connectivity index (χ3v) is 6.73. The Morgan fingerprint density at radius 3 is 2.43 bits per heavy atom. The lowest BCUT2D eigenvalue weighted by atomic mass is 10.2. The van der Waals surface area contributed by atoms with Crippen molar-refractivity contribution in [2.24, 2.45) is 0 Å². The van der Waals surface area contributed by atoms with Crippen LogP contribution in [0, 0.1) is 0 Å². The Morgan fingerprint density at radius 2 is 1.67 bits per heavy atom. The Balaban J connectivity index is 1.62. The molecule has 1 aliphatic rings. The van der Waals surface area contributed by atoms with Crippen LogP contribution in [0.15, 0.2) is 78.9 Å². The minimum absolute atomic E-state index is 0.136. The largest absolute Gasteiger partial charge is 0.476 e. The van der Waals surface area contributed by atoms with E-state index >= 15 is 0 Å². The number of carbonyl (C=O) groups excluding carboxylic acids is 1. The number of fused-ring (bicyclic) bond motifs is 1. The Hall–Kier alpha value is -3.03. The highest BCUT2D eigenvalue weighted by atomic mass is 35.5. The molecule has 30 heavy (non-hydrogen) atoms.